The quantitative estimate of drug-likeness (QED) is 0.593. The number of hydrogen-bond acceptors (Lipinski definition) is 4. The maximum absolute atomic E-state index is 5.74. The van der Waals surface area contributed by atoms with Crippen molar-refractivity contribution in [2.75, 3.05) is 0 Å². The first kappa shape index (κ1) is 11.2. The molecule has 2 fully saturated rings. The van der Waals surface area contributed by atoms with Crippen molar-refractivity contribution in [3.63, 3.8) is 0 Å². The van der Waals surface area contributed by atoms with Gasteiger partial charge in [-0.3, -0.25) is 16.0 Å². The number of nitrogens with two attached hydrogens (primary N) is 1. The van der Waals surface area contributed by atoms with Crippen LogP contribution in [0.5, 0.6) is 0 Å². The van der Waals surface area contributed by atoms with E-state index in [0.717, 1.165) is 30.0 Å². The number of fused-ring (bicyclic) bond motifs is 2. The topological polar surface area (TPSA) is 68.8 Å². The highest BCUT2D eigenvalue weighted by Crippen LogP contribution is 2.49. The molecular weight excluding hydrogens is 214 g/mol. The number of aryl methyl sites for hydroxylation is 1. The molecule has 0 radical (unpaired) electrons. The molecule has 2 aliphatic rings. The first-order valence-electron chi connectivity index (χ1n) is 6.57. The molecule has 3 N–H and O–H groups in total. The standard InChI is InChI=1S/C12H21N5/c1-17-12(14-7-15-17)6-11(16-13)10-5-8-2-3-9(10)4-8/h7-11,16H,2-6,13H2,1H3. The van der Waals surface area contributed by atoms with E-state index in [1.165, 1.54) is 25.7 Å². The summed E-state index contributed by atoms with van der Waals surface area (Å²) < 4.78 is 1.84. The average Bonchev–Trinajstić information content (AvgIpc) is 3.02. The number of rotatable bonds is 4. The molecule has 0 saturated heterocycles. The highest BCUT2D eigenvalue weighted by molar-refractivity contribution is 4.99. The van der Waals surface area contributed by atoms with E-state index in [1.807, 2.05) is 11.7 Å². The fraction of sp³-hybridized carbons (Fsp3) is 0.833. The molecule has 0 amide bonds. The molecule has 4 atom stereocenters. The normalized spacial score (nSPS) is 33.2. The lowest BCUT2D eigenvalue weighted by Crippen LogP contribution is -2.44. The predicted octanol–water partition coefficient (Wildman–Crippen LogP) is 0.626. The Bertz CT molecular complexity index is 388. The van der Waals surface area contributed by atoms with Crippen LogP contribution >= 0.6 is 0 Å². The third-order valence-electron chi connectivity index (χ3n) is 4.73. The molecular formula is C12H21N5. The zero-order valence-electron chi connectivity index (χ0n) is 10.3. The monoisotopic (exact) mass is 235 g/mol. The third kappa shape index (κ3) is 1.98. The molecule has 5 heteroatoms. The van der Waals surface area contributed by atoms with Gasteiger partial charge in [0.15, 0.2) is 0 Å². The molecule has 2 bridgehead atoms. The molecule has 94 valence electrons. The molecule has 3 rings (SSSR count). The molecule has 0 spiro atoms. The van der Waals surface area contributed by atoms with E-state index in [-0.39, 0.29) is 0 Å². The van der Waals surface area contributed by atoms with E-state index < -0.39 is 0 Å². The summed E-state index contributed by atoms with van der Waals surface area (Å²) in [6.45, 7) is 0. The van der Waals surface area contributed by atoms with Crippen molar-refractivity contribution >= 4 is 0 Å². The number of nitrogens with zero attached hydrogens (tertiary/aromatic N) is 3. The molecule has 0 aliphatic heterocycles. The van der Waals surface area contributed by atoms with Crippen LogP contribution in [0.3, 0.4) is 0 Å². The van der Waals surface area contributed by atoms with E-state index >= 15 is 0 Å². The zero-order chi connectivity index (χ0) is 11.8. The Balaban J connectivity index is 1.70. The van der Waals surface area contributed by atoms with Crippen LogP contribution in [0.4, 0.5) is 0 Å². The number of hydrogen-bond donors (Lipinski definition) is 2. The van der Waals surface area contributed by atoms with E-state index in [1.54, 1.807) is 6.33 Å². The van der Waals surface area contributed by atoms with Gasteiger partial charge in [-0.1, -0.05) is 6.42 Å². The minimum atomic E-state index is 0.355. The van der Waals surface area contributed by atoms with E-state index in [0.29, 0.717) is 6.04 Å². The van der Waals surface area contributed by atoms with Crippen molar-refractivity contribution in [3.8, 4) is 0 Å². The number of aromatic nitrogens is 3. The van der Waals surface area contributed by atoms with Crippen molar-refractivity contribution in [1.29, 1.82) is 0 Å². The van der Waals surface area contributed by atoms with Crippen molar-refractivity contribution in [2.45, 2.75) is 38.1 Å². The lowest BCUT2D eigenvalue weighted by molar-refractivity contribution is 0.244. The molecule has 4 unspecified atom stereocenters. The first-order chi connectivity index (χ1) is 8.28. The molecule has 1 aromatic rings. The van der Waals surface area contributed by atoms with Crippen LogP contribution in [0.25, 0.3) is 0 Å². The fourth-order valence-corrected chi connectivity index (χ4v) is 3.82. The largest absolute Gasteiger partial charge is 0.271 e. The summed E-state index contributed by atoms with van der Waals surface area (Å²) in [6.07, 6.45) is 8.10. The second kappa shape index (κ2) is 4.38. The van der Waals surface area contributed by atoms with Crippen LogP contribution in [-0.4, -0.2) is 20.8 Å². The Morgan fingerprint density at radius 2 is 2.41 bits per heavy atom. The molecule has 2 aliphatic carbocycles. The van der Waals surface area contributed by atoms with Gasteiger partial charge in [0.2, 0.25) is 0 Å². The molecule has 1 aromatic heterocycles. The summed E-state index contributed by atoms with van der Waals surface area (Å²) >= 11 is 0. The van der Waals surface area contributed by atoms with Crippen LogP contribution in [0.2, 0.25) is 0 Å². The van der Waals surface area contributed by atoms with Crippen LogP contribution in [0.1, 0.15) is 31.5 Å². The summed E-state index contributed by atoms with van der Waals surface area (Å²) in [5.74, 6) is 9.34. The van der Waals surface area contributed by atoms with Crippen LogP contribution < -0.4 is 11.3 Å². The molecule has 1 heterocycles. The smallest absolute Gasteiger partial charge is 0.138 e. The van der Waals surface area contributed by atoms with Gasteiger partial charge in [0, 0.05) is 19.5 Å². The second-order valence-corrected chi connectivity index (χ2v) is 5.62. The minimum absolute atomic E-state index is 0.355. The van der Waals surface area contributed by atoms with Gasteiger partial charge >= 0.3 is 0 Å². The van der Waals surface area contributed by atoms with Crippen molar-refractivity contribution in [1.82, 2.24) is 20.2 Å². The van der Waals surface area contributed by atoms with Gasteiger partial charge in [0.1, 0.15) is 12.2 Å². The van der Waals surface area contributed by atoms with Crippen molar-refractivity contribution in [3.05, 3.63) is 12.2 Å². The summed E-state index contributed by atoms with van der Waals surface area (Å²) in [4.78, 5) is 4.29. The van der Waals surface area contributed by atoms with E-state index in [4.69, 9.17) is 5.84 Å². The summed E-state index contributed by atoms with van der Waals surface area (Å²) in [7, 11) is 1.94. The summed E-state index contributed by atoms with van der Waals surface area (Å²) in [5.41, 5.74) is 3.01. The van der Waals surface area contributed by atoms with Gasteiger partial charge in [-0.2, -0.15) is 5.10 Å². The Kier molecular flexibility index (Phi) is 2.88. The minimum Gasteiger partial charge on any atom is -0.271 e. The predicted molar refractivity (Wildman–Crippen MR) is 64.8 cm³/mol. The van der Waals surface area contributed by atoms with Crippen molar-refractivity contribution in [2.24, 2.45) is 30.6 Å². The average molecular weight is 235 g/mol. The Morgan fingerprint density at radius 3 is 2.94 bits per heavy atom. The number of nitrogens with one attached hydrogen (secondary N) is 1. The molecule has 17 heavy (non-hydrogen) atoms. The zero-order valence-corrected chi connectivity index (χ0v) is 10.3. The number of hydrazine groups is 1. The van der Waals surface area contributed by atoms with Gasteiger partial charge in [-0.25, -0.2) is 4.98 Å². The van der Waals surface area contributed by atoms with E-state index in [9.17, 15) is 0 Å². The first-order valence-corrected chi connectivity index (χ1v) is 6.57. The molecule has 2 saturated carbocycles. The third-order valence-corrected chi connectivity index (χ3v) is 4.73. The van der Waals surface area contributed by atoms with Gasteiger partial charge < -0.3 is 0 Å². The van der Waals surface area contributed by atoms with Crippen molar-refractivity contribution < 1.29 is 0 Å². The summed E-state index contributed by atoms with van der Waals surface area (Å²) in [5, 5.41) is 4.12. The highest BCUT2D eigenvalue weighted by atomic mass is 15.3. The lowest BCUT2D eigenvalue weighted by Gasteiger charge is -2.29. The maximum atomic E-state index is 5.74. The highest BCUT2D eigenvalue weighted by Gasteiger charge is 2.43. The Morgan fingerprint density at radius 1 is 1.53 bits per heavy atom. The molecule has 0 aromatic carbocycles. The van der Waals surface area contributed by atoms with Gasteiger partial charge in [0.05, 0.1) is 0 Å². The van der Waals surface area contributed by atoms with Crippen LogP contribution in [-0.2, 0) is 13.5 Å². The van der Waals surface area contributed by atoms with Crippen LogP contribution in [0, 0.1) is 17.8 Å². The maximum Gasteiger partial charge on any atom is 0.138 e. The SMILES string of the molecule is Cn1ncnc1CC(NN)C1CC2CCC1C2. The Labute approximate surface area is 102 Å². The van der Waals surface area contributed by atoms with Crippen LogP contribution in [0.15, 0.2) is 6.33 Å². The second-order valence-electron chi connectivity index (χ2n) is 5.62. The van der Waals surface area contributed by atoms with Gasteiger partial charge in [-0.05, 0) is 37.0 Å². The summed E-state index contributed by atoms with van der Waals surface area (Å²) in [6, 6.07) is 0.355. The Hall–Kier alpha value is -0.940. The van der Waals surface area contributed by atoms with Gasteiger partial charge in [-0.15, -0.1) is 0 Å². The van der Waals surface area contributed by atoms with Gasteiger partial charge in [0.25, 0.3) is 0 Å². The lowest BCUT2D eigenvalue weighted by atomic mass is 9.82. The molecule has 5 nitrogen and oxygen atoms in total. The van der Waals surface area contributed by atoms with E-state index in [2.05, 4.69) is 15.5 Å². The fourth-order valence-electron chi connectivity index (χ4n) is 3.82.